The lowest BCUT2D eigenvalue weighted by Gasteiger charge is -2.15. The lowest BCUT2D eigenvalue weighted by atomic mass is 10.2. The Morgan fingerprint density at radius 2 is 1.75 bits per heavy atom. The van der Waals surface area contributed by atoms with E-state index >= 15 is 0 Å². The molecule has 28 heavy (non-hydrogen) atoms. The molecule has 0 atom stereocenters. The third-order valence-electron chi connectivity index (χ3n) is 4.09. The van der Waals surface area contributed by atoms with E-state index in [1.54, 1.807) is 0 Å². The highest BCUT2D eigenvalue weighted by Crippen LogP contribution is 2.19. The Bertz CT molecular complexity index is 927. The van der Waals surface area contributed by atoms with Crippen molar-refractivity contribution in [2.24, 2.45) is 0 Å². The molecule has 1 aromatic heterocycles. The van der Waals surface area contributed by atoms with Crippen LogP contribution in [0, 0.1) is 0 Å². The maximum atomic E-state index is 12.0. The zero-order valence-corrected chi connectivity index (χ0v) is 16.2. The van der Waals surface area contributed by atoms with Crippen molar-refractivity contribution in [3.63, 3.8) is 0 Å². The summed E-state index contributed by atoms with van der Waals surface area (Å²) in [4.78, 5) is 16.6. The number of amides is 2. The molecule has 6 heteroatoms. The molecule has 3 rings (SSSR count). The summed E-state index contributed by atoms with van der Waals surface area (Å²) in [5, 5.41) is 10.0. The zero-order valence-electron chi connectivity index (χ0n) is 16.2. The van der Waals surface area contributed by atoms with Gasteiger partial charge in [-0.2, -0.15) is 0 Å². The van der Waals surface area contributed by atoms with Crippen molar-refractivity contribution in [1.82, 2.24) is 15.6 Å². The van der Waals surface area contributed by atoms with Crippen LogP contribution in [-0.2, 0) is 6.54 Å². The molecule has 0 radical (unpaired) electrons. The number of ether oxygens (including phenoxy) is 1. The SMILES string of the molecule is CC(C)Oc1ccccc1CNC(=O)NCCNc1ccc2ccccc2n1. The predicted octanol–water partition coefficient (Wildman–Crippen LogP) is 3.93. The minimum Gasteiger partial charge on any atom is -0.491 e. The molecule has 1 heterocycles. The summed E-state index contributed by atoms with van der Waals surface area (Å²) < 4.78 is 5.77. The standard InChI is InChI=1S/C22H26N4O2/c1-16(2)28-20-10-6-4-8-18(20)15-25-22(27)24-14-13-23-21-12-11-17-7-3-5-9-19(17)26-21/h3-12,16H,13-15H2,1-2H3,(H,23,26)(H2,24,25,27). The topological polar surface area (TPSA) is 75.3 Å². The Balaban J connectivity index is 1.41. The molecule has 2 amide bonds. The van der Waals surface area contributed by atoms with Crippen LogP contribution in [0.15, 0.2) is 60.7 Å². The normalized spacial score (nSPS) is 10.7. The van der Waals surface area contributed by atoms with E-state index in [4.69, 9.17) is 4.74 Å². The average Bonchev–Trinajstić information content (AvgIpc) is 2.70. The van der Waals surface area contributed by atoms with Gasteiger partial charge in [-0.05, 0) is 38.1 Å². The van der Waals surface area contributed by atoms with Gasteiger partial charge in [0.15, 0.2) is 0 Å². The number of carbonyl (C=O) groups excluding carboxylic acids is 1. The zero-order chi connectivity index (χ0) is 19.8. The van der Waals surface area contributed by atoms with Crippen molar-refractivity contribution in [2.75, 3.05) is 18.4 Å². The van der Waals surface area contributed by atoms with Crippen LogP contribution in [0.3, 0.4) is 0 Å². The summed E-state index contributed by atoms with van der Waals surface area (Å²) in [7, 11) is 0. The van der Waals surface area contributed by atoms with Gasteiger partial charge in [-0.3, -0.25) is 0 Å². The predicted molar refractivity (Wildman–Crippen MR) is 113 cm³/mol. The first-order valence-corrected chi connectivity index (χ1v) is 9.48. The van der Waals surface area contributed by atoms with Crippen LogP contribution in [0.2, 0.25) is 0 Å². The number of hydrogen-bond donors (Lipinski definition) is 3. The second-order valence-electron chi connectivity index (χ2n) is 6.70. The van der Waals surface area contributed by atoms with Gasteiger partial charge in [0.2, 0.25) is 0 Å². The lowest BCUT2D eigenvalue weighted by Crippen LogP contribution is -2.37. The van der Waals surface area contributed by atoms with E-state index in [1.165, 1.54) is 0 Å². The number of pyridine rings is 1. The Morgan fingerprint density at radius 1 is 0.964 bits per heavy atom. The van der Waals surface area contributed by atoms with E-state index in [2.05, 4.69) is 20.9 Å². The first-order valence-electron chi connectivity index (χ1n) is 9.48. The van der Waals surface area contributed by atoms with Crippen molar-refractivity contribution in [2.45, 2.75) is 26.5 Å². The van der Waals surface area contributed by atoms with Crippen molar-refractivity contribution < 1.29 is 9.53 Å². The number of nitrogens with zero attached hydrogens (tertiary/aromatic N) is 1. The van der Waals surface area contributed by atoms with E-state index in [0.717, 1.165) is 28.0 Å². The van der Waals surface area contributed by atoms with E-state index in [1.807, 2.05) is 74.5 Å². The number of carbonyl (C=O) groups is 1. The van der Waals surface area contributed by atoms with E-state index in [0.29, 0.717) is 19.6 Å². The molecule has 0 aliphatic heterocycles. The number of urea groups is 1. The number of fused-ring (bicyclic) bond motifs is 1. The van der Waals surface area contributed by atoms with Gasteiger partial charge in [0, 0.05) is 30.6 Å². The summed E-state index contributed by atoms with van der Waals surface area (Å²) in [6.45, 7) is 5.45. The van der Waals surface area contributed by atoms with Gasteiger partial charge in [-0.25, -0.2) is 9.78 Å². The Labute approximate surface area is 165 Å². The lowest BCUT2D eigenvalue weighted by molar-refractivity contribution is 0.236. The third-order valence-corrected chi connectivity index (χ3v) is 4.09. The molecule has 3 N–H and O–H groups in total. The van der Waals surface area contributed by atoms with Crippen LogP contribution < -0.4 is 20.7 Å². The maximum absolute atomic E-state index is 12.0. The van der Waals surface area contributed by atoms with Crippen LogP contribution in [0.4, 0.5) is 10.6 Å². The van der Waals surface area contributed by atoms with Crippen LogP contribution in [0.25, 0.3) is 10.9 Å². The first-order chi connectivity index (χ1) is 13.6. The number of nitrogens with one attached hydrogen (secondary N) is 3. The van der Waals surface area contributed by atoms with Crippen LogP contribution >= 0.6 is 0 Å². The highest BCUT2D eigenvalue weighted by atomic mass is 16.5. The van der Waals surface area contributed by atoms with Gasteiger partial charge in [0.25, 0.3) is 0 Å². The molecule has 6 nitrogen and oxygen atoms in total. The molecular weight excluding hydrogens is 352 g/mol. The first kappa shape index (κ1) is 19.5. The molecule has 3 aromatic rings. The fourth-order valence-electron chi connectivity index (χ4n) is 2.79. The summed E-state index contributed by atoms with van der Waals surface area (Å²) in [6, 6.07) is 19.4. The summed E-state index contributed by atoms with van der Waals surface area (Å²) in [5.41, 5.74) is 1.89. The molecule has 146 valence electrons. The van der Waals surface area contributed by atoms with Crippen molar-refractivity contribution in [1.29, 1.82) is 0 Å². The molecule has 0 saturated carbocycles. The number of benzene rings is 2. The van der Waals surface area contributed by atoms with Gasteiger partial charge >= 0.3 is 6.03 Å². The number of para-hydroxylation sites is 2. The summed E-state index contributed by atoms with van der Waals surface area (Å²) in [6.07, 6.45) is 0.0877. The van der Waals surface area contributed by atoms with Gasteiger partial charge in [0.1, 0.15) is 11.6 Å². The van der Waals surface area contributed by atoms with E-state index in [-0.39, 0.29) is 12.1 Å². The van der Waals surface area contributed by atoms with Crippen LogP contribution in [0.1, 0.15) is 19.4 Å². The van der Waals surface area contributed by atoms with Gasteiger partial charge in [-0.15, -0.1) is 0 Å². The summed E-state index contributed by atoms with van der Waals surface area (Å²) in [5.74, 6) is 1.59. The quantitative estimate of drug-likeness (QED) is 0.519. The molecule has 0 fully saturated rings. The number of aromatic nitrogens is 1. The molecule has 0 unspecified atom stereocenters. The molecule has 0 bridgehead atoms. The van der Waals surface area contributed by atoms with Gasteiger partial charge < -0.3 is 20.7 Å². The van der Waals surface area contributed by atoms with Crippen molar-refractivity contribution >= 4 is 22.8 Å². The largest absolute Gasteiger partial charge is 0.491 e. The number of hydrogen-bond acceptors (Lipinski definition) is 4. The third kappa shape index (κ3) is 5.61. The molecule has 0 spiro atoms. The summed E-state index contributed by atoms with van der Waals surface area (Å²) >= 11 is 0. The van der Waals surface area contributed by atoms with Crippen LogP contribution in [0.5, 0.6) is 5.75 Å². The minimum atomic E-state index is -0.215. The second-order valence-corrected chi connectivity index (χ2v) is 6.70. The van der Waals surface area contributed by atoms with Crippen molar-refractivity contribution in [3.05, 3.63) is 66.2 Å². The second kappa shape index (κ2) is 9.60. The molecular formula is C22H26N4O2. The van der Waals surface area contributed by atoms with Gasteiger partial charge in [0.05, 0.1) is 11.6 Å². The number of rotatable bonds is 8. The Kier molecular flexibility index (Phi) is 6.68. The fourth-order valence-corrected chi connectivity index (χ4v) is 2.79. The monoisotopic (exact) mass is 378 g/mol. The van der Waals surface area contributed by atoms with Gasteiger partial charge in [-0.1, -0.05) is 36.4 Å². The Morgan fingerprint density at radius 3 is 2.61 bits per heavy atom. The van der Waals surface area contributed by atoms with E-state index < -0.39 is 0 Å². The highest BCUT2D eigenvalue weighted by Gasteiger charge is 2.07. The minimum absolute atomic E-state index is 0.0877. The molecule has 0 aliphatic rings. The Hall–Kier alpha value is -3.28. The number of anilines is 1. The average molecular weight is 378 g/mol. The molecule has 0 saturated heterocycles. The molecule has 2 aromatic carbocycles. The van der Waals surface area contributed by atoms with Crippen LogP contribution in [-0.4, -0.2) is 30.2 Å². The smallest absolute Gasteiger partial charge is 0.315 e. The molecule has 0 aliphatic carbocycles. The van der Waals surface area contributed by atoms with E-state index in [9.17, 15) is 4.79 Å². The maximum Gasteiger partial charge on any atom is 0.315 e. The van der Waals surface area contributed by atoms with Crippen molar-refractivity contribution in [3.8, 4) is 5.75 Å². The highest BCUT2D eigenvalue weighted by molar-refractivity contribution is 5.80. The fraction of sp³-hybridized carbons (Fsp3) is 0.273.